The van der Waals surface area contributed by atoms with Crippen molar-refractivity contribution in [2.24, 2.45) is 5.41 Å². The van der Waals surface area contributed by atoms with Crippen molar-refractivity contribution in [2.45, 2.75) is 31.3 Å². The molecule has 2 N–H and O–H groups in total. The first-order valence-corrected chi connectivity index (χ1v) is 7.51. The highest BCUT2D eigenvalue weighted by molar-refractivity contribution is 5.77. The Morgan fingerprint density at radius 1 is 1.23 bits per heavy atom. The summed E-state index contributed by atoms with van der Waals surface area (Å²) in [4.78, 5) is 25.1. The Hall–Kier alpha value is -1.60. The highest BCUT2D eigenvalue weighted by atomic mass is 16.6. The van der Waals surface area contributed by atoms with Gasteiger partial charge in [-0.25, -0.2) is 4.79 Å². The number of aliphatic hydroxyl groups is 1. The smallest absolute Gasteiger partial charge is 0.410 e. The van der Waals surface area contributed by atoms with E-state index in [1.807, 2.05) is 0 Å². The number of carboxylic acid groups (broad SMARTS) is 1. The van der Waals surface area contributed by atoms with E-state index in [1.165, 1.54) is 11.0 Å². The molecule has 2 rings (SSSR count). The van der Waals surface area contributed by atoms with Crippen LogP contribution in [0.15, 0.2) is 12.7 Å². The van der Waals surface area contributed by atoms with Crippen molar-refractivity contribution in [3.05, 3.63) is 12.7 Å². The minimum absolute atomic E-state index is 0.135. The fraction of sp³-hybridized carbons (Fsp3) is 0.733. The van der Waals surface area contributed by atoms with Crippen molar-refractivity contribution >= 4 is 12.1 Å². The van der Waals surface area contributed by atoms with Gasteiger partial charge in [0, 0.05) is 26.3 Å². The van der Waals surface area contributed by atoms with Gasteiger partial charge in [-0.2, -0.15) is 0 Å². The molecule has 0 aromatic rings. The molecule has 124 valence electrons. The molecular formula is C15H23NO6. The first-order chi connectivity index (χ1) is 10.5. The molecule has 0 aromatic carbocycles. The van der Waals surface area contributed by atoms with Gasteiger partial charge in [-0.05, 0) is 25.7 Å². The maximum Gasteiger partial charge on any atom is 0.410 e. The van der Waals surface area contributed by atoms with Crippen LogP contribution in [0.5, 0.6) is 0 Å². The van der Waals surface area contributed by atoms with E-state index < -0.39 is 23.1 Å². The number of rotatable bonds is 4. The molecule has 2 aliphatic rings. The van der Waals surface area contributed by atoms with Crippen molar-refractivity contribution in [3.63, 3.8) is 0 Å². The van der Waals surface area contributed by atoms with Crippen molar-refractivity contribution < 1.29 is 29.3 Å². The van der Waals surface area contributed by atoms with Gasteiger partial charge in [-0.3, -0.25) is 4.79 Å². The first kappa shape index (κ1) is 16.8. The third-order valence-corrected chi connectivity index (χ3v) is 4.82. The molecule has 7 nitrogen and oxygen atoms in total. The first-order valence-electron chi connectivity index (χ1n) is 7.51. The quantitative estimate of drug-likeness (QED) is 0.752. The SMILES string of the molecule is C=CCOC(=O)N1CCC(O)(C2(C(=O)O)CCOCC2)CC1. The fourth-order valence-corrected chi connectivity index (χ4v) is 3.36. The lowest BCUT2D eigenvalue weighted by atomic mass is 9.63. The lowest BCUT2D eigenvalue weighted by molar-refractivity contribution is -0.192. The van der Waals surface area contributed by atoms with Crippen LogP contribution in [0.3, 0.4) is 0 Å². The number of likely N-dealkylation sites (tertiary alicyclic amines) is 1. The van der Waals surface area contributed by atoms with Crippen LogP contribution in [0, 0.1) is 5.41 Å². The zero-order valence-electron chi connectivity index (χ0n) is 12.6. The van der Waals surface area contributed by atoms with Crippen molar-refractivity contribution in [2.75, 3.05) is 32.9 Å². The molecule has 0 bridgehead atoms. The summed E-state index contributed by atoms with van der Waals surface area (Å²) in [5, 5.41) is 20.6. The molecule has 2 fully saturated rings. The second kappa shape index (κ2) is 6.66. The van der Waals surface area contributed by atoms with E-state index in [4.69, 9.17) is 9.47 Å². The van der Waals surface area contributed by atoms with Crippen LogP contribution in [-0.4, -0.2) is 65.7 Å². The van der Waals surface area contributed by atoms with E-state index in [0.717, 1.165) is 0 Å². The summed E-state index contributed by atoms with van der Waals surface area (Å²) in [5.74, 6) is -0.985. The number of carboxylic acids is 1. The Balaban J connectivity index is 2.05. The summed E-state index contributed by atoms with van der Waals surface area (Å²) < 4.78 is 10.2. The second-order valence-electron chi connectivity index (χ2n) is 5.88. The summed E-state index contributed by atoms with van der Waals surface area (Å²) in [6.45, 7) is 4.84. The molecule has 0 unspecified atom stereocenters. The Morgan fingerprint density at radius 3 is 2.32 bits per heavy atom. The zero-order chi connectivity index (χ0) is 16.2. The summed E-state index contributed by atoms with van der Waals surface area (Å²) in [6, 6.07) is 0. The number of carbonyl (C=O) groups is 2. The Morgan fingerprint density at radius 2 is 1.82 bits per heavy atom. The van der Waals surface area contributed by atoms with Crippen molar-refractivity contribution in [1.82, 2.24) is 4.90 Å². The molecule has 2 saturated heterocycles. The van der Waals surface area contributed by atoms with Crippen LogP contribution in [0.1, 0.15) is 25.7 Å². The van der Waals surface area contributed by atoms with E-state index in [1.54, 1.807) is 0 Å². The standard InChI is InChI=1S/C15H23NO6/c1-2-9-22-13(19)16-7-3-15(20,4-8-16)14(12(17)18)5-10-21-11-6-14/h2,20H,1,3-11H2,(H,17,18). The highest BCUT2D eigenvalue weighted by Gasteiger charge is 2.57. The molecule has 0 aliphatic carbocycles. The molecule has 0 aromatic heterocycles. The van der Waals surface area contributed by atoms with E-state index >= 15 is 0 Å². The Bertz CT molecular complexity index is 435. The molecule has 2 aliphatic heterocycles. The fourth-order valence-electron chi connectivity index (χ4n) is 3.36. The number of nitrogens with zero attached hydrogens (tertiary/aromatic N) is 1. The predicted octanol–water partition coefficient (Wildman–Crippen LogP) is 1.02. The number of hydrogen-bond acceptors (Lipinski definition) is 5. The number of aliphatic carboxylic acids is 1. The third-order valence-electron chi connectivity index (χ3n) is 4.82. The van der Waals surface area contributed by atoms with Gasteiger partial charge >= 0.3 is 12.1 Å². The summed E-state index contributed by atoms with van der Waals surface area (Å²) in [7, 11) is 0. The van der Waals surface area contributed by atoms with Crippen LogP contribution in [-0.2, 0) is 14.3 Å². The number of ether oxygens (including phenoxy) is 2. The van der Waals surface area contributed by atoms with E-state index in [2.05, 4.69) is 6.58 Å². The van der Waals surface area contributed by atoms with Gasteiger partial charge in [0.25, 0.3) is 0 Å². The predicted molar refractivity (Wildman–Crippen MR) is 77.4 cm³/mol. The average molecular weight is 313 g/mol. The molecule has 0 radical (unpaired) electrons. The van der Waals surface area contributed by atoms with Crippen LogP contribution in [0.25, 0.3) is 0 Å². The average Bonchev–Trinajstić information content (AvgIpc) is 2.53. The molecule has 7 heteroatoms. The van der Waals surface area contributed by atoms with Gasteiger partial charge in [0.05, 0.1) is 5.60 Å². The zero-order valence-corrected chi connectivity index (χ0v) is 12.6. The van der Waals surface area contributed by atoms with Gasteiger partial charge in [0.2, 0.25) is 0 Å². The maximum atomic E-state index is 11.8. The third kappa shape index (κ3) is 2.96. The molecule has 0 saturated carbocycles. The monoisotopic (exact) mass is 313 g/mol. The maximum absolute atomic E-state index is 11.8. The molecule has 1 amide bonds. The van der Waals surface area contributed by atoms with E-state index in [9.17, 15) is 19.8 Å². The molecule has 0 spiro atoms. The minimum Gasteiger partial charge on any atom is -0.481 e. The van der Waals surface area contributed by atoms with Gasteiger partial charge in [0.1, 0.15) is 12.0 Å². The largest absolute Gasteiger partial charge is 0.481 e. The number of piperidine rings is 1. The topological polar surface area (TPSA) is 96.3 Å². The minimum atomic E-state index is -1.32. The Labute approximate surface area is 129 Å². The number of carbonyl (C=O) groups excluding carboxylic acids is 1. The van der Waals surface area contributed by atoms with Crippen molar-refractivity contribution in [3.8, 4) is 0 Å². The lowest BCUT2D eigenvalue weighted by Gasteiger charge is -2.49. The van der Waals surface area contributed by atoms with Crippen LogP contribution >= 0.6 is 0 Å². The van der Waals surface area contributed by atoms with E-state index in [0.29, 0.717) is 26.1 Å². The summed E-state index contributed by atoms with van der Waals surface area (Å²) in [5.41, 5.74) is -2.51. The molecule has 22 heavy (non-hydrogen) atoms. The van der Waals surface area contributed by atoms with Crippen LogP contribution in [0.2, 0.25) is 0 Å². The lowest BCUT2D eigenvalue weighted by Crippen LogP contribution is -2.60. The Kier molecular flexibility index (Phi) is 5.08. The number of amides is 1. The highest BCUT2D eigenvalue weighted by Crippen LogP contribution is 2.46. The molecule has 2 heterocycles. The van der Waals surface area contributed by atoms with Crippen molar-refractivity contribution in [1.29, 1.82) is 0 Å². The van der Waals surface area contributed by atoms with Gasteiger partial charge in [0.15, 0.2) is 0 Å². The van der Waals surface area contributed by atoms with Gasteiger partial charge in [-0.1, -0.05) is 12.7 Å². The summed E-state index contributed by atoms with van der Waals surface area (Å²) >= 11 is 0. The summed E-state index contributed by atoms with van der Waals surface area (Å²) in [6.07, 6.45) is 2.06. The van der Waals surface area contributed by atoms with E-state index in [-0.39, 0.29) is 32.5 Å². The number of hydrogen-bond donors (Lipinski definition) is 2. The van der Waals surface area contributed by atoms with Gasteiger partial charge < -0.3 is 24.6 Å². The second-order valence-corrected chi connectivity index (χ2v) is 5.88. The van der Waals surface area contributed by atoms with Gasteiger partial charge in [-0.15, -0.1) is 0 Å². The van der Waals surface area contributed by atoms with Crippen LogP contribution < -0.4 is 0 Å². The molecular weight excluding hydrogens is 290 g/mol. The normalized spacial score (nSPS) is 23.6. The van der Waals surface area contributed by atoms with Crippen LogP contribution in [0.4, 0.5) is 4.79 Å². The molecule has 0 atom stereocenters.